The van der Waals surface area contributed by atoms with Crippen LogP contribution < -0.4 is 10.6 Å². The van der Waals surface area contributed by atoms with E-state index in [1.54, 1.807) is 28.4 Å². The third kappa shape index (κ3) is 5.35. The van der Waals surface area contributed by atoms with Crippen LogP contribution in [0.15, 0.2) is 0 Å². The van der Waals surface area contributed by atoms with Crippen LogP contribution in [0.1, 0.15) is 64.7 Å². The normalized spacial score (nSPS) is 46.3. The van der Waals surface area contributed by atoms with Crippen molar-refractivity contribution >= 4 is 11.8 Å². The van der Waals surface area contributed by atoms with E-state index in [1.807, 2.05) is 6.92 Å². The molecule has 10 nitrogen and oxygen atoms in total. The lowest BCUT2D eigenvalue weighted by atomic mass is 9.64. The van der Waals surface area contributed by atoms with E-state index in [-0.39, 0.29) is 54.4 Å². The fourth-order valence-corrected chi connectivity index (χ4v) is 10.0. The predicted octanol–water partition coefficient (Wildman–Crippen LogP) is 0.860. The molecule has 6 fully saturated rings. The number of hydrogen-bond acceptors (Lipinski definition) is 7. The third-order valence-corrected chi connectivity index (χ3v) is 11.8. The van der Waals surface area contributed by atoms with Crippen molar-refractivity contribution in [2.75, 3.05) is 35.0 Å². The average molecular weight is 579 g/mol. The van der Waals surface area contributed by atoms with Crippen molar-refractivity contribution in [3.63, 3.8) is 0 Å². The van der Waals surface area contributed by atoms with Crippen molar-refractivity contribution < 1.29 is 38.6 Å². The van der Waals surface area contributed by atoms with E-state index >= 15 is 0 Å². The molecule has 3 aliphatic heterocycles. The van der Waals surface area contributed by atoms with Gasteiger partial charge >= 0.3 is 0 Å². The molecule has 0 aromatic rings. The lowest BCUT2D eigenvalue weighted by Gasteiger charge is -2.53. The number of carbonyl (C=O) groups excluding carboxylic acids is 2. The van der Waals surface area contributed by atoms with Gasteiger partial charge in [-0.25, -0.2) is 0 Å². The van der Waals surface area contributed by atoms with Crippen LogP contribution in [0.2, 0.25) is 0 Å². The highest BCUT2D eigenvalue weighted by Crippen LogP contribution is 2.53. The number of ether oxygens (including phenoxy) is 5. The van der Waals surface area contributed by atoms with Crippen molar-refractivity contribution in [1.29, 1.82) is 0 Å². The number of hydrogen-bond donors (Lipinski definition) is 2. The van der Waals surface area contributed by atoms with Crippen LogP contribution in [0, 0.1) is 23.7 Å². The number of quaternary nitrogens is 1. The standard InChI is InChI=1S/C31H51N3O7/c1-16(30(35)33-17-12-19(37-2)14-20(13-17)38-3)41-18-6-8-24-23(15-18)21-10-11-32-27-22-7-9-25(39-4)29(40-5)26(22)31(36)34(24)28(21)27/h16-29,32H,6-15H2,1-5H3,(H,33,35)/p+1/t16-,17?,18?,19?,20?,21?,22?,23?,24?,25?,26?,27?,28?,29?/m0/s1. The molecule has 12 unspecified atom stereocenters. The smallest absolute Gasteiger partial charge is 0.249 e. The van der Waals surface area contributed by atoms with Crippen molar-refractivity contribution in [3.8, 4) is 0 Å². The maximum atomic E-state index is 14.3. The van der Waals surface area contributed by atoms with Gasteiger partial charge in [-0.15, -0.1) is 0 Å². The van der Waals surface area contributed by atoms with Crippen LogP contribution in [-0.2, 0) is 33.3 Å². The summed E-state index contributed by atoms with van der Waals surface area (Å²) in [5.74, 6) is 1.39. The van der Waals surface area contributed by atoms with Crippen molar-refractivity contribution in [2.45, 2.75) is 126 Å². The second-order valence-corrected chi connectivity index (χ2v) is 13.6. The van der Waals surface area contributed by atoms with E-state index in [4.69, 9.17) is 23.7 Å². The second kappa shape index (κ2) is 12.4. The van der Waals surface area contributed by atoms with Crippen LogP contribution in [0.25, 0.3) is 0 Å². The molecule has 0 aromatic carbocycles. The number of fused-ring (bicyclic) bond motifs is 5. The highest BCUT2D eigenvalue weighted by Gasteiger charge is 2.66. The predicted molar refractivity (Wildman–Crippen MR) is 150 cm³/mol. The molecule has 6 rings (SSSR count). The second-order valence-electron chi connectivity index (χ2n) is 13.6. The van der Waals surface area contributed by atoms with E-state index in [9.17, 15) is 9.59 Å². The minimum absolute atomic E-state index is 0.0225. The van der Waals surface area contributed by atoms with Crippen molar-refractivity contribution in [2.24, 2.45) is 23.7 Å². The van der Waals surface area contributed by atoms with E-state index in [2.05, 4.69) is 15.5 Å². The zero-order valence-corrected chi connectivity index (χ0v) is 25.5. The fraction of sp³-hybridized carbons (Fsp3) is 0.935. The molecule has 0 radical (unpaired) electrons. The monoisotopic (exact) mass is 578 g/mol. The van der Waals surface area contributed by atoms with Crippen LogP contribution in [0.4, 0.5) is 0 Å². The molecule has 2 amide bonds. The van der Waals surface area contributed by atoms with Gasteiger partial charge in [0, 0.05) is 52.9 Å². The Morgan fingerprint density at radius 1 is 0.854 bits per heavy atom. The molecule has 0 aromatic heterocycles. The number of nitrogens with one attached hydrogen (secondary N) is 1. The summed E-state index contributed by atoms with van der Waals surface area (Å²) in [6, 6.07) is 1.02. The Morgan fingerprint density at radius 3 is 2.29 bits per heavy atom. The summed E-state index contributed by atoms with van der Waals surface area (Å²) in [4.78, 5) is 29.8. The molecular formula is C31H52N3O7+. The first kappa shape index (κ1) is 29.8. The zero-order chi connectivity index (χ0) is 28.8. The summed E-state index contributed by atoms with van der Waals surface area (Å²) in [5.41, 5.74) is 0. The summed E-state index contributed by atoms with van der Waals surface area (Å²) in [6.45, 7) is 2.99. The minimum atomic E-state index is -0.519. The molecule has 3 saturated heterocycles. The number of carbonyl (C=O) groups is 2. The number of piperidine rings is 2. The van der Waals surface area contributed by atoms with Gasteiger partial charge in [0.1, 0.15) is 12.1 Å². The number of amides is 2. The zero-order valence-electron chi connectivity index (χ0n) is 25.5. The Morgan fingerprint density at radius 2 is 1.61 bits per heavy atom. The SMILES string of the molecule is COC1CC(NC(=O)[C@H](C)OC2CCC3C(C2)C2CC[NH2+]C4C5CCC(OC)C(OC)C5C(=O)N3C24)CC(OC)C1. The molecule has 13 atom stereocenters. The molecule has 3 N–H and O–H groups in total. The Hall–Kier alpha value is -1.30. The maximum Gasteiger partial charge on any atom is 0.249 e. The summed E-state index contributed by atoms with van der Waals surface area (Å²) in [6.07, 6.45) is 7.80. The van der Waals surface area contributed by atoms with Gasteiger partial charge in [0.25, 0.3) is 0 Å². The molecule has 232 valence electrons. The molecule has 3 aliphatic carbocycles. The first-order valence-electron chi connectivity index (χ1n) is 16.1. The Balaban J connectivity index is 1.11. The van der Waals surface area contributed by atoms with E-state index in [1.165, 1.54) is 0 Å². The van der Waals surface area contributed by atoms with Gasteiger partial charge in [-0.3, -0.25) is 9.59 Å². The summed E-state index contributed by atoms with van der Waals surface area (Å²) in [5, 5.41) is 5.74. The first-order valence-corrected chi connectivity index (χ1v) is 16.1. The van der Waals surface area contributed by atoms with Gasteiger partial charge in [0.15, 0.2) is 0 Å². The number of methoxy groups -OCH3 is 4. The van der Waals surface area contributed by atoms with Gasteiger partial charge in [0.2, 0.25) is 11.8 Å². The summed E-state index contributed by atoms with van der Waals surface area (Å²) >= 11 is 0. The van der Waals surface area contributed by atoms with Crippen molar-refractivity contribution in [3.05, 3.63) is 0 Å². The fourth-order valence-electron chi connectivity index (χ4n) is 10.0. The van der Waals surface area contributed by atoms with Gasteiger partial charge in [-0.2, -0.15) is 0 Å². The molecule has 6 aliphatic rings. The van der Waals surface area contributed by atoms with E-state index in [0.717, 1.165) is 64.3 Å². The molecule has 3 heterocycles. The molecule has 0 bridgehead atoms. The molecule has 3 saturated carbocycles. The van der Waals surface area contributed by atoms with Gasteiger partial charge in [-0.1, -0.05) is 0 Å². The topological polar surface area (TPSA) is 112 Å². The molecule has 10 heteroatoms. The van der Waals surface area contributed by atoms with Crippen LogP contribution >= 0.6 is 0 Å². The lowest BCUT2D eigenvalue weighted by Crippen LogP contribution is -2.99. The maximum absolute atomic E-state index is 14.3. The highest BCUT2D eigenvalue weighted by atomic mass is 16.5. The minimum Gasteiger partial charge on any atom is -0.381 e. The van der Waals surface area contributed by atoms with Gasteiger partial charge in [0.05, 0.1) is 49.0 Å². The summed E-state index contributed by atoms with van der Waals surface area (Å²) in [7, 11) is 6.92. The summed E-state index contributed by atoms with van der Waals surface area (Å²) < 4.78 is 29.4. The van der Waals surface area contributed by atoms with E-state index in [0.29, 0.717) is 35.7 Å². The van der Waals surface area contributed by atoms with Gasteiger partial charge < -0.3 is 39.2 Å². The van der Waals surface area contributed by atoms with Crippen LogP contribution in [0.5, 0.6) is 0 Å². The highest BCUT2D eigenvalue weighted by molar-refractivity contribution is 5.83. The molecule has 0 spiro atoms. The average Bonchev–Trinajstić information content (AvgIpc) is 3.33. The number of nitrogens with zero attached hydrogens (tertiary/aromatic N) is 1. The largest absolute Gasteiger partial charge is 0.381 e. The number of rotatable bonds is 8. The van der Waals surface area contributed by atoms with E-state index < -0.39 is 6.10 Å². The lowest BCUT2D eigenvalue weighted by molar-refractivity contribution is -0.713. The quantitative estimate of drug-likeness (QED) is 0.440. The molecule has 41 heavy (non-hydrogen) atoms. The Bertz CT molecular complexity index is 941. The van der Waals surface area contributed by atoms with Crippen LogP contribution in [0.3, 0.4) is 0 Å². The van der Waals surface area contributed by atoms with Crippen molar-refractivity contribution in [1.82, 2.24) is 10.2 Å². The first-order chi connectivity index (χ1) is 19.9. The van der Waals surface area contributed by atoms with Crippen LogP contribution in [-0.4, -0.2) is 112 Å². The molecular weight excluding hydrogens is 526 g/mol. The Kier molecular flexibility index (Phi) is 8.97. The third-order valence-electron chi connectivity index (χ3n) is 11.8. The number of nitrogens with two attached hydrogens (primary N) is 1. The Labute approximate surface area is 244 Å². The van der Waals surface area contributed by atoms with Gasteiger partial charge in [-0.05, 0) is 70.1 Å².